The van der Waals surface area contributed by atoms with Gasteiger partial charge in [0, 0.05) is 52.7 Å². The van der Waals surface area contributed by atoms with Gasteiger partial charge in [-0.25, -0.2) is 0 Å². The maximum Gasteiger partial charge on any atom is 0.219 e. The van der Waals surface area contributed by atoms with Crippen molar-refractivity contribution in [3.63, 3.8) is 0 Å². The molecule has 2 aliphatic heterocycles. The lowest BCUT2D eigenvalue weighted by Crippen LogP contribution is -2.53. The van der Waals surface area contributed by atoms with Crippen molar-refractivity contribution < 1.29 is 4.79 Å². The van der Waals surface area contributed by atoms with E-state index in [1.165, 1.54) is 19.5 Å². The third-order valence-corrected chi connectivity index (χ3v) is 4.68. The van der Waals surface area contributed by atoms with Crippen LogP contribution in [0.5, 0.6) is 0 Å². The molecule has 2 saturated heterocycles. The maximum absolute atomic E-state index is 11.4. The Morgan fingerprint density at radius 3 is 2.30 bits per heavy atom. The van der Waals surface area contributed by atoms with Crippen molar-refractivity contribution in [2.24, 2.45) is 10.9 Å². The second-order valence-corrected chi connectivity index (χ2v) is 6.24. The molecular weight excluding hydrogens is 405 g/mol. The van der Waals surface area contributed by atoms with E-state index < -0.39 is 0 Å². The largest absolute Gasteiger partial charge is 0.357 e. The molecule has 6 nitrogen and oxygen atoms in total. The van der Waals surface area contributed by atoms with Crippen molar-refractivity contribution in [3.05, 3.63) is 0 Å². The summed E-state index contributed by atoms with van der Waals surface area (Å²) in [5.74, 6) is 1.87. The topological polar surface area (TPSA) is 51.2 Å². The standard InChI is InChI=1S/C16H31N5O.HI/c1-4-17-16(18-12-15-6-7-19(5-2)13-15)21-10-8-20(9-11-21)14(3)22;/h15H,4-13H2,1-3H3,(H,17,18);1H. The molecule has 0 saturated carbocycles. The van der Waals surface area contributed by atoms with Crippen molar-refractivity contribution in [3.8, 4) is 0 Å². The molecule has 1 amide bonds. The molecule has 7 heteroatoms. The van der Waals surface area contributed by atoms with Gasteiger partial charge >= 0.3 is 0 Å². The van der Waals surface area contributed by atoms with Crippen LogP contribution in [0, 0.1) is 5.92 Å². The Hall–Kier alpha value is -0.570. The van der Waals surface area contributed by atoms with E-state index in [1.807, 2.05) is 4.90 Å². The Labute approximate surface area is 157 Å². The zero-order valence-corrected chi connectivity index (χ0v) is 17.1. The third kappa shape index (κ3) is 6.10. The van der Waals surface area contributed by atoms with Crippen LogP contribution in [0.25, 0.3) is 0 Å². The molecule has 1 atom stereocenters. The molecular formula is C16H32IN5O. The van der Waals surface area contributed by atoms with Crippen molar-refractivity contribution in [2.75, 3.05) is 58.9 Å². The van der Waals surface area contributed by atoms with Crippen molar-refractivity contribution in [1.29, 1.82) is 0 Å². The molecule has 23 heavy (non-hydrogen) atoms. The second-order valence-electron chi connectivity index (χ2n) is 6.24. The van der Waals surface area contributed by atoms with Crippen LogP contribution in [0.1, 0.15) is 27.2 Å². The number of piperazine rings is 1. The summed E-state index contributed by atoms with van der Waals surface area (Å²) in [6.07, 6.45) is 1.26. The lowest BCUT2D eigenvalue weighted by Gasteiger charge is -2.36. The van der Waals surface area contributed by atoms with Gasteiger partial charge in [0.15, 0.2) is 5.96 Å². The number of amides is 1. The quantitative estimate of drug-likeness (QED) is 0.406. The number of hydrogen-bond acceptors (Lipinski definition) is 3. The Bertz CT molecular complexity index is 396. The smallest absolute Gasteiger partial charge is 0.219 e. The molecule has 1 N–H and O–H groups in total. The van der Waals surface area contributed by atoms with Gasteiger partial charge in [0.2, 0.25) is 5.91 Å². The van der Waals surface area contributed by atoms with E-state index in [-0.39, 0.29) is 29.9 Å². The number of rotatable bonds is 4. The molecule has 0 aromatic heterocycles. The zero-order chi connectivity index (χ0) is 15.9. The highest BCUT2D eigenvalue weighted by Gasteiger charge is 2.23. The van der Waals surface area contributed by atoms with E-state index in [1.54, 1.807) is 6.92 Å². The fraction of sp³-hybridized carbons (Fsp3) is 0.875. The first-order chi connectivity index (χ1) is 10.6. The average Bonchev–Trinajstić information content (AvgIpc) is 2.99. The predicted molar refractivity (Wildman–Crippen MR) is 105 cm³/mol. The van der Waals surface area contributed by atoms with Crippen LogP contribution < -0.4 is 5.32 Å². The molecule has 134 valence electrons. The summed E-state index contributed by atoms with van der Waals surface area (Å²) in [6, 6.07) is 0. The highest BCUT2D eigenvalue weighted by molar-refractivity contribution is 14.0. The number of likely N-dealkylation sites (tertiary alicyclic amines) is 1. The van der Waals surface area contributed by atoms with Crippen LogP contribution in [0.3, 0.4) is 0 Å². The summed E-state index contributed by atoms with van der Waals surface area (Å²) in [5.41, 5.74) is 0. The van der Waals surface area contributed by atoms with Gasteiger partial charge in [-0.1, -0.05) is 6.92 Å². The first-order valence-electron chi connectivity index (χ1n) is 8.65. The minimum Gasteiger partial charge on any atom is -0.357 e. The van der Waals surface area contributed by atoms with Crippen LogP contribution in [0.4, 0.5) is 0 Å². The molecule has 0 aromatic carbocycles. The van der Waals surface area contributed by atoms with Gasteiger partial charge in [-0.15, -0.1) is 24.0 Å². The Balaban J connectivity index is 0.00000264. The van der Waals surface area contributed by atoms with Crippen molar-refractivity contribution in [1.82, 2.24) is 20.0 Å². The number of aliphatic imine (C=N–C) groups is 1. The number of guanidine groups is 1. The van der Waals surface area contributed by atoms with E-state index in [2.05, 4.69) is 29.0 Å². The summed E-state index contributed by atoms with van der Waals surface area (Å²) in [6.45, 7) is 14.7. The molecule has 0 aliphatic carbocycles. The minimum atomic E-state index is 0. The second kappa shape index (κ2) is 10.3. The van der Waals surface area contributed by atoms with Gasteiger partial charge in [0.05, 0.1) is 0 Å². The molecule has 2 rings (SSSR count). The van der Waals surface area contributed by atoms with E-state index in [0.717, 1.165) is 51.8 Å². The number of nitrogens with zero attached hydrogens (tertiary/aromatic N) is 4. The normalized spacial score (nSPS) is 22.9. The van der Waals surface area contributed by atoms with Crippen LogP contribution in [-0.2, 0) is 4.79 Å². The van der Waals surface area contributed by atoms with Gasteiger partial charge in [-0.3, -0.25) is 9.79 Å². The fourth-order valence-corrected chi connectivity index (χ4v) is 3.22. The number of nitrogens with one attached hydrogen (secondary N) is 1. The average molecular weight is 437 g/mol. The summed E-state index contributed by atoms with van der Waals surface area (Å²) in [4.78, 5) is 23.0. The molecule has 2 fully saturated rings. The highest BCUT2D eigenvalue weighted by atomic mass is 127. The Kier molecular flexibility index (Phi) is 9.19. The summed E-state index contributed by atoms with van der Waals surface area (Å²) in [5, 5.41) is 3.40. The fourth-order valence-electron chi connectivity index (χ4n) is 3.22. The number of carbonyl (C=O) groups is 1. The first kappa shape index (κ1) is 20.5. The minimum absolute atomic E-state index is 0. The van der Waals surface area contributed by atoms with Gasteiger partial charge in [-0.05, 0) is 32.4 Å². The van der Waals surface area contributed by atoms with Crippen LogP contribution in [-0.4, -0.2) is 85.5 Å². The molecule has 0 spiro atoms. The van der Waals surface area contributed by atoms with Gasteiger partial charge in [-0.2, -0.15) is 0 Å². The van der Waals surface area contributed by atoms with E-state index in [9.17, 15) is 4.79 Å². The Morgan fingerprint density at radius 1 is 1.13 bits per heavy atom. The predicted octanol–water partition coefficient (Wildman–Crippen LogP) is 1.08. The number of carbonyl (C=O) groups excluding carboxylic acids is 1. The van der Waals surface area contributed by atoms with Crippen LogP contribution >= 0.6 is 24.0 Å². The highest BCUT2D eigenvalue weighted by Crippen LogP contribution is 2.16. The van der Waals surface area contributed by atoms with Gasteiger partial charge in [0.1, 0.15) is 0 Å². The number of hydrogen-bond donors (Lipinski definition) is 1. The molecule has 1 unspecified atom stereocenters. The first-order valence-corrected chi connectivity index (χ1v) is 8.65. The SMILES string of the molecule is CCNC(=NCC1CCN(CC)C1)N1CCN(C(C)=O)CC1.I. The Morgan fingerprint density at radius 2 is 1.78 bits per heavy atom. The van der Waals surface area contributed by atoms with Crippen molar-refractivity contribution >= 4 is 35.8 Å². The van der Waals surface area contributed by atoms with Crippen LogP contribution in [0.2, 0.25) is 0 Å². The molecule has 0 radical (unpaired) electrons. The van der Waals surface area contributed by atoms with Crippen LogP contribution in [0.15, 0.2) is 4.99 Å². The summed E-state index contributed by atoms with van der Waals surface area (Å²) < 4.78 is 0. The lowest BCUT2D eigenvalue weighted by molar-refractivity contribution is -0.130. The molecule has 0 bridgehead atoms. The van der Waals surface area contributed by atoms with Gasteiger partial charge < -0.3 is 20.0 Å². The zero-order valence-electron chi connectivity index (χ0n) is 14.8. The monoisotopic (exact) mass is 437 g/mol. The summed E-state index contributed by atoms with van der Waals surface area (Å²) in [7, 11) is 0. The van der Waals surface area contributed by atoms with E-state index in [0.29, 0.717) is 5.92 Å². The van der Waals surface area contributed by atoms with Crippen molar-refractivity contribution in [2.45, 2.75) is 27.2 Å². The van der Waals surface area contributed by atoms with E-state index >= 15 is 0 Å². The maximum atomic E-state index is 11.4. The number of halogens is 1. The lowest BCUT2D eigenvalue weighted by atomic mass is 10.1. The van der Waals surface area contributed by atoms with E-state index in [4.69, 9.17) is 4.99 Å². The molecule has 0 aromatic rings. The summed E-state index contributed by atoms with van der Waals surface area (Å²) >= 11 is 0. The molecule has 2 aliphatic rings. The van der Waals surface area contributed by atoms with Gasteiger partial charge in [0.25, 0.3) is 0 Å². The third-order valence-electron chi connectivity index (χ3n) is 4.68. The molecule has 2 heterocycles.